The predicted molar refractivity (Wildman–Crippen MR) is 94.1 cm³/mol. The van der Waals surface area contributed by atoms with Crippen molar-refractivity contribution in [3.63, 3.8) is 0 Å². The van der Waals surface area contributed by atoms with E-state index in [1.54, 1.807) is 24.3 Å². The number of nitro groups is 1. The molecule has 0 amide bonds. The molecule has 0 aromatic heterocycles. The molecule has 2 aromatic rings. The average Bonchev–Trinajstić information content (AvgIpc) is 2.61. The first-order valence-corrected chi connectivity index (χ1v) is 7.87. The summed E-state index contributed by atoms with van der Waals surface area (Å²) in [5.74, 6) is -0.424. The first-order chi connectivity index (χ1) is 11.9. The molecule has 9 heteroatoms. The minimum absolute atomic E-state index is 0.145. The molecule has 1 unspecified atom stereocenters. The molecule has 1 atom stereocenters. The van der Waals surface area contributed by atoms with Gasteiger partial charge in [0, 0.05) is 22.2 Å². The second-order valence-electron chi connectivity index (χ2n) is 4.91. The van der Waals surface area contributed by atoms with Gasteiger partial charge in [0.25, 0.3) is 5.69 Å². The van der Waals surface area contributed by atoms with Crippen molar-refractivity contribution in [3.8, 4) is 5.75 Å². The van der Waals surface area contributed by atoms with E-state index in [1.165, 1.54) is 31.2 Å². The van der Waals surface area contributed by atoms with Crippen LogP contribution in [0.15, 0.2) is 58.2 Å². The van der Waals surface area contributed by atoms with Crippen LogP contribution in [-0.2, 0) is 9.63 Å². The lowest BCUT2D eigenvalue weighted by molar-refractivity contribution is -0.384. The molecule has 25 heavy (non-hydrogen) atoms. The van der Waals surface area contributed by atoms with E-state index in [0.717, 1.165) is 4.47 Å². The van der Waals surface area contributed by atoms with Crippen molar-refractivity contribution >= 4 is 33.4 Å². The Morgan fingerprint density at radius 3 is 2.60 bits per heavy atom. The third-order valence-electron chi connectivity index (χ3n) is 3.05. The number of halogens is 1. The average molecular weight is 408 g/mol. The van der Waals surface area contributed by atoms with E-state index < -0.39 is 17.0 Å². The third-order valence-corrected chi connectivity index (χ3v) is 3.57. The van der Waals surface area contributed by atoms with Crippen LogP contribution in [0.4, 0.5) is 5.69 Å². The Kier molecular flexibility index (Phi) is 6.07. The molecule has 2 rings (SSSR count). The number of rotatable bonds is 6. The molecule has 0 aliphatic heterocycles. The maximum absolute atomic E-state index is 11.9. The minimum Gasteiger partial charge on any atom is -0.479 e. The van der Waals surface area contributed by atoms with Crippen molar-refractivity contribution in [2.45, 2.75) is 13.0 Å². The van der Waals surface area contributed by atoms with Gasteiger partial charge >= 0.3 is 5.97 Å². The summed E-state index contributed by atoms with van der Waals surface area (Å²) < 4.78 is 6.30. The number of hydrogen-bond acceptors (Lipinski definition) is 6. The van der Waals surface area contributed by atoms with Gasteiger partial charge in [-0.25, -0.2) is 4.79 Å². The Morgan fingerprint density at radius 2 is 1.96 bits per heavy atom. The molecule has 0 saturated carbocycles. The Bertz CT molecular complexity index is 808. The molecule has 0 heterocycles. The van der Waals surface area contributed by atoms with Crippen LogP contribution in [0, 0.1) is 10.1 Å². The number of non-ortho nitro benzene ring substituents is 1. The number of benzene rings is 2. The highest BCUT2D eigenvalue weighted by molar-refractivity contribution is 9.10. The van der Waals surface area contributed by atoms with Crippen LogP contribution >= 0.6 is 15.9 Å². The minimum atomic E-state index is -0.914. The van der Waals surface area contributed by atoms with Gasteiger partial charge < -0.3 is 15.3 Å². The van der Waals surface area contributed by atoms with Crippen LogP contribution < -0.4 is 10.5 Å². The number of carbonyl (C=O) groups is 1. The summed E-state index contributed by atoms with van der Waals surface area (Å²) in [6, 6.07) is 12.4. The largest absolute Gasteiger partial charge is 0.479 e. The summed E-state index contributed by atoms with van der Waals surface area (Å²) in [4.78, 5) is 26.8. The van der Waals surface area contributed by atoms with Gasteiger partial charge in [0.1, 0.15) is 5.75 Å². The van der Waals surface area contributed by atoms with Gasteiger partial charge in [-0.2, -0.15) is 0 Å². The van der Waals surface area contributed by atoms with E-state index in [2.05, 4.69) is 21.1 Å². The lowest BCUT2D eigenvalue weighted by atomic mass is 10.2. The highest BCUT2D eigenvalue weighted by Crippen LogP contribution is 2.17. The first-order valence-electron chi connectivity index (χ1n) is 7.08. The molecule has 2 aromatic carbocycles. The van der Waals surface area contributed by atoms with E-state index in [4.69, 9.17) is 15.3 Å². The SMILES string of the molecule is CC(Oc1ccc(Br)cc1)C(=O)ON=C(N)c1cccc([N+](=O)[O-])c1. The Hall–Kier alpha value is -2.94. The fraction of sp³-hybridized carbons (Fsp3) is 0.125. The molecule has 130 valence electrons. The molecule has 0 aliphatic carbocycles. The van der Waals surface area contributed by atoms with Gasteiger partial charge in [-0.1, -0.05) is 33.2 Å². The Morgan fingerprint density at radius 1 is 1.28 bits per heavy atom. The first kappa shape index (κ1) is 18.4. The second-order valence-corrected chi connectivity index (χ2v) is 5.82. The smallest absolute Gasteiger partial charge is 0.374 e. The zero-order valence-corrected chi connectivity index (χ0v) is 14.7. The molecule has 0 fully saturated rings. The van der Waals surface area contributed by atoms with Crippen LogP contribution in [0.3, 0.4) is 0 Å². The number of nitrogens with zero attached hydrogens (tertiary/aromatic N) is 2. The molecule has 0 aliphatic rings. The van der Waals surface area contributed by atoms with Gasteiger partial charge in [-0.3, -0.25) is 10.1 Å². The van der Waals surface area contributed by atoms with E-state index >= 15 is 0 Å². The molecule has 8 nitrogen and oxygen atoms in total. The third kappa shape index (κ3) is 5.28. The monoisotopic (exact) mass is 407 g/mol. The second kappa shape index (κ2) is 8.25. The van der Waals surface area contributed by atoms with Crippen molar-refractivity contribution < 1.29 is 19.3 Å². The topological polar surface area (TPSA) is 117 Å². The van der Waals surface area contributed by atoms with Crippen LogP contribution in [0.5, 0.6) is 5.75 Å². The summed E-state index contributed by atoms with van der Waals surface area (Å²) in [6.45, 7) is 1.50. The van der Waals surface area contributed by atoms with E-state index in [1.807, 2.05) is 0 Å². The van der Waals surface area contributed by atoms with Gasteiger partial charge in [0.2, 0.25) is 0 Å². The van der Waals surface area contributed by atoms with Crippen molar-refractivity contribution in [3.05, 3.63) is 68.7 Å². The number of nitrogens with two attached hydrogens (primary N) is 1. The lowest BCUT2D eigenvalue weighted by Crippen LogP contribution is -2.26. The molecule has 0 spiro atoms. The van der Waals surface area contributed by atoms with Crippen LogP contribution in [0.2, 0.25) is 0 Å². The summed E-state index contributed by atoms with van der Waals surface area (Å²) in [5.41, 5.74) is 5.81. The van der Waals surface area contributed by atoms with Crippen LogP contribution in [-0.4, -0.2) is 22.8 Å². The van der Waals surface area contributed by atoms with Crippen molar-refractivity contribution in [2.24, 2.45) is 10.9 Å². The number of amidine groups is 1. The van der Waals surface area contributed by atoms with Gasteiger partial charge in [0.15, 0.2) is 11.9 Å². The van der Waals surface area contributed by atoms with Gasteiger partial charge in [0.05, 0.1) is 4.92 Å². The van der Waals surface area contributed by atoms with E-state index in [-0.39, 0.29) is 17.1 Å². The number of hydrogen-bond donors (Lipinski definition) is 1. The molecule has 0 saturated heterocycles. The number of oxime groups is 1. The highest BCUT2D eigenvalue weighted by atomic mass is 79.9. The predicted octanol–water partition coefficient (Wildman–Crippen LogP) is 2.99. The fourth-order valence-corrected chi connectivity index (χ4v) is 2.03. The fourth-order valence-electron chi connectivity index (χ4n) is 1.77. The summed E-state index contributed by atoms with van der Waals surface area (Å²) in [7, 11) is 0. The number of carbonyl (C=O) groups excluding carboxylic acids is 1. The zero-order valence-electron chi connectivity index (χ0n) is 13.1. The van der Waals surface area contributed by atoms with Gasteiger partial charge in [-0.15, -0.1) is 0 Å². The molecule has 0 bridgehead atoms. The quantitative estimate of drug-likeness (QED) is 0.258. The number of ether oxygens (including phenoxy) is 1. The van der Waals surface area contributed by atoms with Crippen molar-refractivity contribution in [2.75, 3.05) is 0 Å². The molecule has 2 N–H and O–H groups in total. The van der Waals surface area contributed by atoms with Crippen molar-refractivity contribution in [1.29, 1.82) is 0 Å². The summed E-state index contributed by atoms with van der Waals surface area (Å²) in [5, 5.41) is 14.3. The maximum atomic E-state index is 11.9. The van der Waals surface area contributed by atoms with Gasteiger partial charge in [-0.05, 0) is 31.2 Å². The lowest BCUT2D eigenvalue weighted by Gasteiger charge is -2.11. The van der Waals surface area contributed by atoms with E-state index in [0.29, 0.717) is 5.75 Å². The molecular weight excluding hydrogens is 394 g/mol. The highest BCUT2D eigenvalue weighted by Gasteiger charge is 2.17. The number of nitro benzene ring substituents is 1. The normalized spacial score (nSPS) is 12.3. The molecular formula is C16H14BrN3O5. The van der Waals surface area contributed by atoms with E-state index in [9.17, 15) is 14.9 Å². The zero-order chi connectivity index (χ0) is 18.4. The molecule has 0 radical (unpaired) electrons. The Balaban J connectivity index is 1.99. The maximum Gasteiger partial charge on any atom is 0.374 e. The summed E-state index contributed by atoms with van der Waals surface area (Å²) >= 11 is 3.30. The van der Waals surface area contributed by atoms with Crippen LogP contribution in [0.25, 0.3) is 0 Å². The Labute approximate surface area is 151 Å². The van der Waals surface area contributed by atoms with Crippen molar-refractivity contribution in [1.82, 2.24) is 0 Å². The van der Waals surface area contributed by atoms with Crippen LogP contribution in [0.1, 0.15) is 12.5 Å². The summed E-state index contributed by atoms with van der Waals surface area (Å²) in [6.07, 6.45) is -0.914. The standard InChI is InChI=1S/C16H14BrN3O5/c1-10(24-14-7-5-12(17)6-8-14)16(21)25-19-15(18)11-3-2-4-13(9-11)20(22)23/h2-10H,1H3,(H2,18,19).